The molecule has 4 heteroatoms. The summed E-state index contributed by atoms with van der Waals surface area (Å²) in [5.74, 6) is 0.169. The highest BCUT2D eigenvalue weighted by molar-refractivity contribution is 5.84. The van der Waals surface area contributed by atoms with Crippen LogP contribution in [-0.4, -0.2) is 17.3 Å². The summed E-state index contributed by atoms with van der Waals surface area (Å²) in [5, 5.41) is 7.24. The van der Waals surface area contributed by atoms with Gasteiger partial charge in [-0.2, -0.15) is 5.10 Å². The molecule has 1 aromatic carbocycles. The Balaban J connectivity index is 2.80. The molecule has 3 nitrogen and oxygen atoms in total. The number of rotatable bonds is 1. The molecule has 2 aromatic rings. The number of ether oxygens (including phenoxy) is 1. The number of aromatic nitrogens is 2. The molecule has 0 spiro atoms. The van der Waals surface area contributed by atoms with Gasteiger partial charge >= 0.3 is 0 Å². The van der Waals surface area contributed by atoms with E-state index in [1.165, 1.54) is 19.2 Å². The van der Waals surface area contributed by atoms with Gasteiger partial charge in [-0.1, -0.05) is 0 Å². The normalized spacial score (nSPS) is 10.5. The topological polar surface area (TPSA) is 37.9 Å². The Hall–Kier alpha value is -1.58. The molecule has 1 aromatic heterocycles. The Kier molecular flexibility index (Phi) is 1.46. The number of methoxy groups -OCH3 is 1. The summed E-state index contributed by atoms with van der Waals surface area (Å²) >= 11 is 0. The number of nitrogens with one attached hydrogen (secondary N) is 1. The molecule has 0 aliphatic heterocycles. The second-order valence-corrected chi connectivity index (χ2v) is 2.44. The maximum Gasteiger partial charge on any atom is 0.132 e. The van der Waals surface area contributed by atoms with Gasteiger partial charge in [-0.3, -0.25) is 5.10 Å². The lowest BCUT2D eigenvalue weighted by Crippen LogP contribution is -1.84. The Morgan fingerprint density at radius 2 is 2.33 bits per heavy atom. The van der Waals surface area contributed by atoms with Gasteiger partial charge in [-0.15, -0.1) is 0 Å². The van der Waals surface area contributed by atoms with Crippen molar-refractivity contribution in [1.29, 1.82) is 0 Å². The SMILES string of the molecule is COc1cc(F)cc2[nH]ncc12. The molecule has 0 atom stereocenters. The third kappa shape index (κ3) is 0.922. The van der Waals surface area contributed by atoms with E-state index in [1.54, 1.807) is 6.20 Å². The van der Waals surface area contributed by atoms with Gasteiger partial charge in [0.25, 0.3) is 0 Å². The van der Waals surface area contributed by atoms with Crippen LogP contribution in [-0.2, 0) is 0 Å². The van der Waals surface area contributed by atoms with Crippen molar-refractivity contribution in [2.75, 3.05) is 7.11 Å². The summed E-state index contributed by atoms with van der Waals surface area (Å²) in [5.41, 5.74) is 0.645. The smallest absolute Gasteiger partial charge is 0.132 e. The van der Waals surface area contributed by atoms with E-state index in [1.807, 2.05) is 0 Å². The van der Waals surface area contributed by atoms with Crippen LogP contribution in [0.4, 0.5) is 4.39 Å². The zero-order valence-electron chi connectivity index (χ0n) is 6.47. The van der Waals surface area contributed by atoms with Gasteiger partial charge in [0.05, 0.1) is 24.2 Å². The quantitative estimate of drug-likeness (QED) is 0.700. The molecule has 0 saturated heterocycles. The molecule has 1 heterocycles. The van der Waals surface area contributed by atoms with Crippen molar-refractivity contribution in [3.63, 3.8) is 0 Å². The summed E-state index contributed by atoms with van der Waals surface area (Å²) in [4.78, 5) is 0. The Bertz CT molecular complexity index is 410. The zero-order valence-corrected chi connectivity index (χ0v) is 6.47. The van der Waals surface area contributed by atoms with Crippen LogP contribution in [0, 0.1) is 5.82 Å². The van der Waals surface area contributed by atoms with Crippen LogP contribution in [0.25, 0.3) is 10.9 Å². The highest BCUT2D eigenvalue weighted by Gasteiger charge is 2.04. The van der Waals surface area contributed by atoms with Gasteiger partial charge < -0.3 is 4.74 Å². The van der Waals surface area contributed by atoms with Crippen molar-refractivity contribution in [1.82, 2.24) is 10.2 Å². The molecule has 0 aliphatic rings. The van der Waals surface area contributed by atoms with Crippen molar-refractivity contribution in [2.24, 2.45) is 0 Å². The van der Waals surface area contributed by atoms with Crippen LogP contribution >= 0.6 is 0 Å². The molecular formula is C8H7FN2O. The summed E-state index contributed by atoms with van der Waals surface area (Å²) in [6.07, 6.45) is 1.60. The predicted molar refractivity (Wildman–Crippen MR) is 42.6 cm³/mol. The fourth-order valence-electron chi connectivity index (χ4n) is 1.15. The number of aromatic amines is 1. The number of hydrogen-bond acceptors (Lipinski definition) is 2. The van der Waals surface area contributed by atoms with Crippen LogP contribution in [0.1, 0.15) is 0 Å². The van der Waals surface area contributed by atoms with Gasteiger partial charge in [-0.25, -0.2) is 4.39 Å². The number of fused-ring (bicyclic) bond motifs is 1. The largest absolute Gasteiger partial charge is 0.496 e. The third-order valence-corrected chi connectivity index (χ3v) is 1.71. The van der Waals surface area contributed by atoms with Crippen LogP contribution in [0.15, 0.2) is 18.3 Å². The molecule has 0 radical (unpaired) electrons. The van der Waals surface area contributed by atoms with Gasteiger partial charge in [0.2, 0.25) is 0 Å². The molecule has 62 valence electrons. The van der Waals surface area contributed by atoms with E-state index < -0.39 is 0 Å². The standard InChI is InChI=1S/C8H7FN2O/c1-12-8-3-5(9)2-7-6(8)4-10-11-7/h2-4H,1H3,(H,10,11). The molecule has 0 aliphatic carbocycles. The lowest BCUT2D eigenvalue weighted by atomic mass is 10.2. The van der Waals surface area contributed by atoms with Crippen LogP contribution in [0.2, 0.25) is 0 Å². The molecule has 0 bridgehead atoms. The average molecular weight is 166 g/mol. The van der Waals surface area contributed by atoms with Gasteiger partial charge in [0, 0.05) is 6.07 Å². The van der Waals surface area contributed by atoms with E-state index in [9.17, 15) is 4.39 Å². The number of nitrogens with zero attached hydrogens (tertiary/aromatic N) is 1. The van der Waals surface area contributed by atoms with Crippen LogP contribution < -0.4 is 4.74 Å². The van der Waals surface area contributed by atoms with Crippen molar-refractivity contribution >= 4 is 10.9 Å². The number of hydrogen-bond donors (Lipinski definition) is 1. The van der Waals surface area contributed by atoms with E-state index in [2.05, 4.69) is 10.2 Å². The monoisotopic (exact) mass is 166 g/mol. The maximum atomic E-state index is 12.8. The highest BCUT2D eigenvalue weighted by Crippen LogP contribution is 2.24. The molecule has 12 heavy (non-hydrogen) atoms. The summed E-state index contributed by atoms with van der Waals surface area (Å²) in [7, 11) is 1.50. The summed E-state index contributed by atoms with van der Waals surface area (Å²) in [6.45, 7) is 0. The van der Waals surface area contributed by atoms with Gasteiger partial charge in [0.15, 0.2) is 0 Å². The van der Waals surface area contributed by atoms with E-state index in [0.717, 1.165) is 5.39 Å². The summed E-state index contributed by atoms with van der Waals surface area (Å²) < 4.78 is 17.8. The molecule has 0 saturated carbocycles. The first-order valence-electron chi connectivity index (χ1n) is 3.48. The van der Waals surface area contributed by atoms with Crippen molar-refractivity contribution < 1.29 is 9.13 Å². The van der Waals surface area contributed by atoms with E-state index in [0.29, 0.717) is 11.3 Å². The van der Waals surface area contributed by atoms with Crippen molar-refractivity contribution in [3.8, 4) is 5.75 Å². The summed E-state index contributed by atoms with van der Waals surface area (Å²) in [6, 6.07) is 2.71. The Morgan fingerprint density at radius 3 is 3.08 bits per heavy atom. The van der Waals surface area contributed by atoms with Crippen molar-refractivity contribution in [3.05, 3.63) is 24.1 Å². The van der Waals surface area contributed by atoms with Gasteiger partial charge in [0.1, 0.15) is 11.6 Å². The maximum absolute atomic E-state index is 12.8. The van der Waals surface area contributed by atoms with Crippen LogP contribution in [0.3, 0.4) is 0 Å². The van der Waals surface area contributed by atoms with E-state index in [4.69, 9.17) is 4.74 Å². The molecule has 0 fully saturated rings. The number of H-pyrrole nitrogens is 1. The lowest BCUT2D eigenvalue weighted by Gasteiger charge is -1.99. The first-order valence-corrected chi connectivity index (χ1v) is 3.48. The van der Waals surface area contributed by atoms with E-state index >= 15 is 0 Å². The molecule has 0 unspecified atom stereocenters. The van der Waals surface area contributed by atoms with Crippen LogP contribution in [0.5, 0.6) is 5.75 Å². The fourth-order valence-corrected chi connectivity index (χ4v) is 1.15. The number of halogens is 1. The molecule has 0 amide bonds. The second kappa shape index (κ2) is 2.48. The predicted octanol–water partition coefficient (Wildman–Crippen LogP) is 1.71. The molecular weight excluding hydrogens is 159 g/mol. The van der Waals surface area contributed by atoms with Gasteiger partial charge in [-0.05, 0) is 6.07 Å². The molecule has 1 N–H and O–H groups in total. The first-order chi connectivity index (χ1) is 5.81. The Morgan fingerprint density at radius 1 is 1.50 bits per heavy atom. The fraction of sp³-hybridized carbons (Fsp3) is 0.125. The first kappa shape index (κ1) is 7.09. The minimum absolute atomic E-state index is 0.330. The molecule has 2 rings (SSSR count). The minimum Gasteiger partial charge on any atom is -0.496 e. The number of benzene rings is 1. The third-order valence-electron chi connectivity index (χ3n) is 1.71. The lowest BCUT2D eigenvalue weighted by molar-refractivity contribution is 0.416. The minimum atomic E-state index is -0.330. The Labute approximate surface area is 68.2 Å². The zero-order chi connectivity index (χ0) is 8.55. The highest BCUT2D eigenvalue weighted by atomic mass is 19.1. The van der Waals surface area contributed by atoms with Crippen molar-refractivity contribution in [2.45, 2.75) is 0 Å². The second-order valence-electron chi connectivity index (χ2n) is 2.44. The van der Waals surface area contributed by atoms with E-state index in [-0.39, 0.29) is 5.82 Å². The average Bonchev–Trinajstić information content (AvgIpc) is 2.50.